The number of hydrogen-bond donors (Lipinski definition) is 1. The number of aliphatic hydroxyl groups excluding tert-OH is 1. The third kappa shape index (κ3) is 1.59. The smallest absolute Gasteiger partial charge is 0.337 e. The van der Waals surface area contributed by atoms with Crippen molar-refractivity contribution in [3.05, 3.63) is 36.0 Å². The van der Waals surface area contributed by atoms with Crippen LogP contribution >= 0.6 is 0 Å². The number of carbonyl (C=O) groups excluding carboxylic acids is 1. The minimum Gasteiger partial charge on any atom is -0.465 e. The summed E-state index contributed by atoms with van der Waals surface area (Å²) >= 11 is 0. The van der Waals surface area contributed by atoms with E-state index in [1.807, 2.05) is 12.1 Å². The first-order chi connectivity index (χ1) is 7.26. The zero-order chi connectivity index (χ0) is 10.8. The maximum atomic E-state index is 11.3. The highest BCUT2D eigenvalue weighted by Gasteiger charge is 2.07. The van der Waals surface area contributed by atoms with E-state index in [-0.39, 0.29) is 12.7 Å². The molecule has 1 aromatic carbocycles. The molecule has 4 nitrogen and oxygen atoms in total. The number of carbonyl (C=O) groups is 1. The standard InChI is InChI=1S/C11H11NO3/c1-15-11(14)9-3-2-8-4-5-12(7-13)10(8)6-9/h2-6,13H,7H2,1H3. The van der Waals surface area contributed by atoms with E-state index < -0.39 is 0 Å². The lowest BCUT2D eigenvalue weighted by atomic mass is 10.2. The SMILES string of the molecule is COC(=O)c1ccc2ccn(CO)c2c1. The highest BCUT2D eigenvalue weighted by molar-refractivity contribution is 5.94. The van der Waals surface area contributed by atoms with Crippen molar-refractivity contribution in [3.63, 3.8) is 0 Å². The topological polar surface area (TPSA) is 51.5 Å². The molecule has 0 amide bonds. The maximum Gasteiger partial charge on any atom is 0.337 e. The van der Waals surface area contributed by atoms with Crippen LogP contribution in [0.25, 0.3) is 10.9 Å². The largest absolute Gasteiger partial charge is 0.465 e. The van der Waals surface area contributed by atoms with Gasteiger partial charge in [0.1, 0.15) is 6.73 Å². The average Bonchev–Trinajstić information content (AvgIpc) is 2.69. The molecule has 0 aliphatic carbocycles. The molecule has 15 heavy (non-hydrogen) atoms. The minimum absolute atomic E-state index is 0.103. The van der Waals surface area contributed by atoms with Gasteiger partial charge < -0.3 is 14.4 Å². The van der Waals surface area contributed by atoms with Gasteiger partial charge in [0.25, 0.3) is 0 Å². The molecule has 0 spiro atoms. The van der Waals surface area contributed by atoms with E-state index >= 15 is 0 Å². The van der Waals surface area contributed by atoms with Crippen LogP contribution in [0.5, 0.6) is 0 Å². The number of aromatic nitrogens is 1. The van der Waals surface area contributed by atoms with Crippen molar-refractivity contribution in [2.45, 2.75) is 6.73 Å². The van der Waals surface area contributed by atoms with Gasteiger partial charge in [0.2, 0.25) is 0 Å². The molecule has 0 saturated heterocycles. The molecule has 0 fully saturated rings. The maximum absolute atomic E-state index is 11.3. The molecule has 0 unspecified atom stereocenters. The van der Waals surface area contributed by atoms with Crippen LogP contribution in [0.15, 0.2) is 30.5 Å². The van der Waals surface area contributed by atoms with Crippen LogP contribution in [0.1, 0.15) is 10.4 Å². The fourth-order valence-corrected chi connectivity index (χ4v) is 1.55. The van der Waals surface area contributed by atoms with Gasteiger partial charge in [0.15, 0.2) is 0 Å². The van der Waals surface area contributed by atoms with E-state index in [9.17, 15) is 4.79 Å². The van der Waals surface area contributed by atoms with Gasteiger partial charge in [-0.05, 0) is 23.6 Å². The number of benzene rings is 1. The molecule has 0 aliphatic heterocycles. The molecule has 0 bridgehead atoms. The lowest BCUT2D eigenvalue weighted by Gasteiger charge is -2.02. The first-order valence-corrected chi connectivity index (χ1v) is 4.54. The van der Waals surface area contributed by atoms with Crippen LogP contribution in [-0.2, 0) is 11.5 Å². The van der Waals surface area contributed by atoms with Crippen molar-refractivity contribution in [1.29, 1.82) is 0 Å². The van der Waals surface area contributed by atoms with Crippen LogP contribution in [0.2, 0.25) is 0 Å². The normalized spacial score (nSPS) is 10.5. The van der Waals surface area contributed by atoms with Gasteiger partial charge in [0.05, 0.1) is 18.2 Å². The highest BCUT2D eigenvalue weighted by Crippen LogP contribution is 2.17. The van der Waals surface area contributed by atoms with Gasteiger partial charge in [-0.25, -0.2) is 4.79 Å². The Labute approximate surface area is 86.7 Å². The fourth-order valence-electron chi connectivity index (χ4n) is 1.55. The number of aliphatic hydroxyl groups is 1. The Hall–Kier alpha value is -1.81. The second-order valence-electron chi connectivity index (χ2n) is 3.19. The Bertz CT molecular complexity index is 502. The number of hydrogen-bond acceptors (Lipinski definition) is 3. The molecule has 0 aliphatic rings. The minimum atomic E-state index is -0.373. The van der Waals surface area contributed by atoms with Crippen molar-refractivity contribution in [1.82, 2.24) is 4.57 Å². The summed E-state index contributed by atoms with van der Waals surface area (Å²) in [7, 11) is 1.34. The Morgan fingerprint density at radius 2 is 2.27 bits per heavy atom. The molecule has 4 heteroatoms. The summed E-state index contributed by atoms with van der Waals surface area (Å²) in [5.41, 5.74) is 1.30. The Morgan fingerprint density at radius 3 is 2.93 bits per heavy atom. The van der Waals surface area contributed by atoms with Crippen LogP contribution in [0.3, 0.4) is 0 Å². The molecule has 0 saturated carbocycles. The summed E-state index contributed by atoms with van der Waals surface area (Å²) in [4.78, 5) is 11.3. The van der Waals surface area contributed by atoms with Crippen LogP contribution in [0.4, 0.5) is 0 Å². The summed E-state index contributed by atoms with van der Waals surface area (Å²) < 4.78 is 6.28. The van der Waals surface area contributed by atoms with Crippen molar-refractivity contribution in [2.75, 3.05) is 7.11 Å². The zero-order valence-corrected chi connectivity index (χ0v) is 8.30. The highest BCUT2D eigenvalue weighted by atomic mass is 16.5. The monoisotopic (exact) mass is 205 g/mol. The number of methoxy groups -OCH3 is 1. The summed E-state index contributed by atoms with van der Waals surface area (Å²) in [6.07, 6.45) is 1.77. The number of nitrogens with zero attached hydrogens (tertiary/aromatic N) is 1. The van der Waals surface area contributed by atoms with Crippen molar-refractivity contribution >= 4 is 16.9 Å². The number of fused-ring (bicyclic) bond motifs is 1. The predicted octanol–water partition coefficient (Wildman–Crippen LogP) is 1.38. The van der Waals surface area contributed by atoms with Crippen molar-refractivity contribution in [3.8, 4) is 0 Å². The Morgan fingerprint density at radius 1 is 1.47 bits per heavy atom. The van der Waals surface area contributed by atoms with Crippen molar-refractivity contribution < 1.29 is 14.6 Å². The second kappa shape index (κ2) is 3.74. The van der Waals surface area contributed by atoms with E-state index in [4.69, 9.17) is 5.11 Å². The van der Waals surface area contributed by atoms with E-state index in [2.05, 4.69) is 4.74 Å². The number of ether oxygens (including phenoxy) is 1. The van der Waals surface area contributed by atoms with Gasteiger partial charge in [-0.3, -0.25) is 0 Å². The summed E-state index contributed by atoms with van der Waals surface area (Å²) in [6, 6.07) is 7.12. The quantitative estimate of drug-likeness (QED) is 0.753. The molecule has 0 atom stereocenters. The van der Waals surface area contributed by atoms with E-state index in [1.165, 1.54) is 7.11 Å². The number of esters is 1. The Kier molecular flexibility index (Phi) is 2.43. The summed E-state index contributed by atoms with van der Waals surface area (Å²) in [6.45, 7) is -0.103. The lowest BCUT2D eigenvalue weighted by molar-refractivity contribution is 0.0601. The third-order valence-corrected chi connectivity index (χ3v) is 2.35. The van der Waals surface area contributed by atoms with Gasteiger partial charge in [-0.15, -0.1) is 0 Å². The number of rotatable bonds is 2. The van der Waals surface area contributed by atoms with Crippen LogP contribution in [0, 0.1) is 0 Å². The summed E-state index contributed by atoms with van der Waals surface area (Å²) in [5.74, 6) is -0.373. The van der Waals surface area contributed by atoms with Gasteiger partial charge in [-0.2, -0.15) is 0 Å². The molecular weight excluding hydrogens is 194 g/mol. The molecule has 1 heterocycles. The van der Waals surface area contributed by atoms with E-state index in [1.54, 1.807) is 22.9 Å². The van der Waals surface area contributed by atoms with E-state index in [0.717, 1.165) is 10.9 Å². The van der Waals surface area contributed by atoms with Gasteiger partial charge >= 0.3 is 5.97 Å². The first-order valence-electron chi connectivity index (χ1n) is 4.54. The lowest BCUT2D eigenvalue weighted by Crippen LogP contribution is -2.01. The first kappa shape index (κ1) is 9.73. The van der Waals surface area contributed by atoms with E-state index in [0.29, 0.717) is 5.56 Å². The zero-order valence-electron chi connectivity index (χ0n) is 8.30. The average molecular weight is 205 g/mol. The van der Waals surface area contributed by atoms with Crippen LogP contribution < -0.4 is 0 Å². The molecule has 1 N–H and O–H groups in total. The molecule has 78 valence electrons. The predicted molar refractivity (Wildman–Crippen MR) is 55.5 cm³/mol. The molecular formula is C11H11NO3. The molecule has 1 aromatic heterocycles. The fraction of sp³-hybridized carbons (Fsp3) is 0.182. The van der Waals surface area contributed by atoms with Crippen molar-refractivity contribution in [2.24, 2.45) is 0 Å². The van der Waals surface area contributed by atoms with Crippen LogP contribution in [-0.4, -0.2) is 22.8 Å². The molecule has 2 aromatic rings. The Balaban J connectivity index is 2.57. The molecule has 0 radical (unpaired) electrons. The van der Waals surface area contributed by atoms with Gasteiger partial charge in [0, 0.05) is 6.20 Å². The second-order valence-corrected chi connectivity index (χ2v) is 3.19. The van der Waals surface area contributed by atoms with Gasteiger partial charge in [-0.1, -0.05) is 6.07 Å². The third-order valence-electron chi connectivity index (χ3n) is 2.35. The molecule has 2 rings (SSSR count). The summed E-state index contributed by atoms with van der Waals surface area (Å²) in [5, 5.41) is 10.0.